The quantitative estimate of drug-likeness (QED) is 0.910. The Kier molecular flexibility index (Phi) is 4.37. The van der Waals surface area contributed by atoms with E-state index in [1.54, 1.807) is 0 Å². The van der Waals surface area contributed by atoms with Gasteiger partial charge in [-0.25, -0.2) is 9.18 Å². The maximum atomic E-state index is 14.0. The highest BCUT2D eigenvalue weighted by Gasteiger charge is 2.22. The first-order chi connectivity index (χ1) is 9.11. The molecule has 1 fully saturated rings. The number of carboxylic acid groups (broad SMARTS) is 1. The van der Waals surface area contributed by atoms with Crippen molar-refractivity contribution in [2.45, 2.75) is 25.9 Å². The van der Waals surface area contributed by atoms with E-state index in [1.807, 2.05) is 11.8 Å². The highest BCUT2D eigenvalue weighted by molar-refractivity contribution is 5.88. The third-order valence-electron chi connectivity index (χ3n) is 3.32. The van der Waals surface area contributed by atoms with E-state index in [4.69, 9.17) is 9.84 Å². The zero-order valence-corrected chi connectivity index (χ0v) is 10.9. The van der Waals surface area contributed by atoms with Crippen molar-refractivity contribution in [2.75, 3.05) is 24.6 Å². The lowest BCUT2D eigenvalue weighted by Crippen LogP contribution is -2.40. The van der Waals surface area contributed by atoms with E-state index < -0.39 is 11.8 Å². The van der Waals surface area contributed by atoms with E-state index in [-0.39, 0.29) is 11.7 Å². The molecule has 104 valence electrons. The Morgan fingerprint density at radius 2 is 2.37 bits per heavy atom. The van der Waals surface area contributed by atoms with Crippen LogP contribution in [0.2, 0.25) is 0 Å². The molecule has 5 heteroatoms. The number of hydrogen-bond acceptors (Lipinski definition) is 3. The van der Waals surface area contributed by atoms with Gasteiger partial charge in [-0.2, -0.15) is 0 Å². The molecule has 1 aromatic rings. The van der Waals surface area contributed by atoms with Gasteiger partial charge >= 0.3 is 5.97 Å². The lowest BCUT2D eigenvalue weighted by Gasteiger charge is -2.34. The van der Waals surface area contributed by atoms with Crippen LogP contribution >= 0.6 is 0 Å². The topological polar surface area (TPSA) is 49.8 Å². The average Bonchev–Trinajstić information content (AvgIpc) is 2.39. The van der Waals surface area contributed by atoms with Crippen molar-refractivity contribution in [2.24, 2.45) is 0 Å². The van der Waals surface area contributed by atoms with Gasteiger partial charge in [-0.3, -0.25) is 0 Å². The van der Waals surface area contributed by atoms with E-state index >= 15 is 0 Å². The number of halogens is 1. The summed E-state index contributed by atoms with van der Waals surface area (Å²) >= 11 is 0. The summed E-state index contributed by atoms with van der Waals surface area (Å²) < 4.78 is 19.5. The van der Waals surface area contributed by atoms with Gasteiger partial charge in [0, 0.05) is 19.7 Å². The van der Waals surface area contributed by atoms with Crippen molar-refractivity contribution >= 4 is 11.7 Å². The molecule has 2 rings (SSSR count). The Morgan fingerprint density at radius 3 is 3.00 bits per heavy atom. The fraction of sp³-hybridized carbons (Fsp3) is 0.500. The average molecular weight is 267 g/mol. The lowest BCUT2D eigenvalue weighted by molar-refractivity contribution is 0.0525. The van der Waals surface area contributed by atoms with Crippen LogP contribution in [-0.2, 0) is 4.74 Å². The Morgan fingerprint density at radius 1 is 1.58 bits per heavy atom. The molecule has 1 aliphatic rings. The van der Waals surface area contributed by atoms with Crippen LogP contribution in [0.3, 0.4) is 0 Å². The van der Waals surface area contributed by atoms with Crippen LogP contribution in [0.25, 0.3) is 0 Å². The van der Waals surface area contributed by atoms with E-state index in [9.17, 15) is 9.18 Å². The molecule has 1 atom stereocenters. The number of aromatic carboxylic acids is 1. The van der Waals surface area contributed by atoms with E-state index in [2.05, 4.69) is 0 Å². The maximum absolute atomic E-state index is 14.0. The molecule has 0 saturated carbocycles. The number of ether oxygens (including phenoxy) is 1. The number of rotatable bonds is 4. The highest BCUT2D eigenvalue weighted by Crippen LogP contribution is 2.25. The number of hydrogen-bond donors (Lipinski definition) is 1. The first-order valence-electron chi connectivity index (χ1n) is 6.51. The third kappa shape index (κ3) is 3.23. The molecule has 0 bridgehead atoms. The van der Waals surface area contributed by atoms with E-state index in [0.29, 0.717) is 18.8 Å². The van der Waals surface area contributed by atoms with Crippen molar-refractivity contribution in [3.8, 4) is 0 Å². The summed E-state index contributed by atoms with van der Waals surface area (Å²) in [5.41, 5.74) is 0.425. The lowest BCUT2D eigenvalue weighted by atomic mass is 10.1. The van der Waals surface area contributed by atoms with E-state index in [1.165, 1.54) is 12.1 Å². The van der Waals surface area contributed by atoms with Gasteiger partial charge in [0.25, 0.3) is 0 Å². The zero-order valence-electron chi connectivity index (χ0n) is 10.9. The van der Waals surface area contributed by atoms with Crippen molar-refractivity contribution < 1.29 is 19.0 Å². The Balaban J connectivity index is 2.15. The minimum atomic E-state index is -1.11. The molecule has 0 amide bonds. The number of benzene rings is 1. The van der Waals surface area contributed by atoms with Crippen LogP contribution in [0.1, 0.15) is 30.1 Å². The van der Waals surface area contributed by atoms with Crippen LogP contribution in [-0.4, -0.2) is 36.9 Å². The van der Waals surface area contributed by atoms with Crippen molar-refractivity contribution in [1.29, 1.82) is 0 Å². The molecule has 0 spiro atoms. The molecule has 0 radical (unpaired) electrons. The van der Waals surface area contributed by atoms with Gasteiger partial charge in [0.15, 0.2) is 0 Å². The highest BCUT2D eigenvalue weighted by atomic mass is 19.1. The Bertz CT molecular complexity index is 462. The van der Waals surface area contributed by atoms with Gasteiger partial charge in [-0.1, -0.05) is 0 Å². The second-order valence-corrected chi connectivity index (χ2v) is 4.64. The number of anilines is 1. The minimum absolute atomic E-state index is 0.0281. The maximum Gasteiger partial charge on any atom is 0.335 e. The predicted octanol–water partition coefficient (Wildman–Crippen LogP) is 2.53. The molecule has 0 aromatic heterocycles. The summed E-state index contributed by atoms with van der Waals surface area (Å²) in [6, 6.07) is 4.04. The monoisotopic (exact) mass is 267 g/mol. The molecule has 1 N–H and O–H groups in total. The third-order valence-corrected chi connectivity index (χ3v) is 3.32. The van der Waals surface area contributed by atoms with Gasteiger partial charge in [-0.15, -0.1) is 0 Å². The second-order valence-electron chi connectivity index (χ2n) is 4.64. The summed E-state index contributed by atoms with van der Waals surface area (Å²) in [5, 5.41) is 8.82. The summed E-state index contributed by atoms with van der Waals surface area (Å²) in [7, 11) is 0. The normalized spacial score (nSPS) is 19.5. The molecular formula is C14H18FNO3. The van der Waals surface area contributed by atoms with Crippen LogP contribution in [0.4, 0.5) is 10.1 Å². The minimum Gasteiger partial charge on any atom is -0.478 e. The number of carbonyl (C=O) groups is 1. The first-order valence-corrected chi connectivity index (χ1v) is 6.51. The largest absolute Gasteiger partial charge is 0.478 e. The van der Waals surface area contributed by atoms with Gasteiger partial charge in [0.1, 0.15) is 5.82 Å². The van der Waals surface area contributed by atoms with Gasteiger partial charge in [-0.05, 0) is 38.0 Å². The van der Waals surface area contributed by atoms with Crippen LogP contribution in [0.15, 0.2) is 18.2 Å². The number of carboxylic acids is 1. The Hall–Kier alpha value is -1.62. The van der Waals surface area contributed by atoms with Crippen LogP contribution < -0.4 is 4.90 Å². The summed E-state index contributed by atoms with van der Waals surface area (Å²) in [5.74, 6) is -1.60. The SMILES string of the molecule is CCOC1CCCN(c2ccc(C(=O)O)cc2F)C1. The van der Waals surface area contributed by atoms with Crippen molar-refractivity contribution in [1.82, 2.24) is 0 Å². The summed E-state index contributed by atoms with van der Waals surface area (Å²) in [4.78, 5) is 12.7. The molecule has 19 heavy (non-hydrogen) atoms. The van der Waals surface area contributed by atoms with Gasteiger partial charge < -0.3 is 14.7 Å². The van der Waals surface area contributed by atoms with Crippen molar-refractivity contribution in [3.63, 3.8) is 0 Å². The molecule has 1 unspecified atom stereocenters. The van der Waals surface area contributed by atoms with Gasteiger partial charge in [0.2, 0.25) is 0 Å². The fourth-order valence-corrected chi connectivity index (χ4v) is 2.43. The fourth-order valence-electron chi connectivity index (χ4n) is 2.43. The molecule has 4 nitrogen and oxygen atoms in total. The van der Waals surface area contributed by atoms with Crippen molar-refractivity contribution in [3.05, 3.63) is 29.6 Å². The summed E-state index contributed by atoms with van der Waals surface area (Å²) in [6.45, 7) is 4.02. The van der Waals surface area contributed by atoms with Gasteiger partial charge in [0.05, 0.1) is 17.4 Å². The molecule has 1 aromatic carbocycles. The number of piperidine rings is 1. The predicted molar refractivity (Wildman–Crippen MR) is 70.2 cm³/mol. The standard InChI is InChI=1S/C14H18FNO3/c1-2-19-11-4-3-7-16(9-11)13-6-5-10(14(17)18)8-12(13)15/h5-6,8,11H,2-4,7,9H2,1H3,(H,17,18). The summed E-state index contributed by atoms with van der Waals surface area (Å²) in [6.07, 6.45) is 2.06. The van der Waals surface area contributed by atoms with Crippen LogP contribution in [0.5, 0.6) is 0 Å². The molecule has 1 aliphatic heterocycles. The molecule has 1 saturated heterocycles. The van der Waals surface area contributed by atoms with Crippen LogP contribution in [0, 0.1) is 5.82 Å². The van der Waals surface area contributed by atoms with E-state index in [0.717, 1.165) is 25.5 Å². The second kappa shape index (κ2) is 6.02. The molecular weight excluding hydrogens is 249 g/mol. The first kappa shape index (κ1) is 13.8. The molecule has 0 aliphatic carbocycles. The zero-order chi connectivity index (χ0) is 13.8. The Labute approximate surface area is 111 Å². The molecule has 1 heterocycles. The smallest absolute Gasteiger partial charge is 0.335 e. The number of nitrogens with zero attached hydrogens (tertiary/aromatic N) is 1.